The van der Waals surface area contributed by atoms with Crippen LogP contribution in [0.25, 0.3) is 0 Å². The van der Waals surface area contributed by atoms with Crippen LogP contribution in [-0.2, 0) is 4.79 Å². The first-order valence-electron chi connectivity index (χ1n) is 6.42. The van der Waals surface area contributed by atoms with Crippen molar-refractivity contribution >= 4 is 11.9 Å². The molecule has 1 aliphatic rings. The van der Waals surface area contributed by atoms with Crippen molar-refractivity contribution < 1.29 is 19.4 Å². The molecular formula is C14H17NO4. The summed E-state index contributed by atoms with van der Waals surface area (Å²) < 4.78 is 5.69. The molecule has 0 saturated heterocycles. The molecule has 0 radical (unpaired) electrons. The lowest BCUT2D eigenvalue weighted by atomic mass is 9.96. The van der Waals surface area contributed by atoms with Gasteiger partial charge in [-0.25, -0.2) is 0 Å². The maximum Gasteiger partial charge on any atom is 0.305 e. The average Bonchev–Trinajstić information content (AvgIpc) is 2.34. The normalized spacial score (nSPS) is 14.5. The minimum atomic E-state index is -0.926. The Hall–Kier alpha value is -2.04. The number of carboxylic acids is 1. The number of aliphatic carboxylic acids is 1. The standard InChI is InChI=1S/C14H17NO4/c16-13(17)8-9-15-14(18)10-4-6-12(7-5-10)19-11-2-1-3-11/h4-7,11H,1-3,8-9H2,(H,15,18)(H,16,17). The van der Waals surface area contributed by atoms with Gasteiger partial charge in [-0.05, 0) is 43.5 Å². The number of carbonyl (C=O) groups excluding carboxylic acids is 1. The first kappa shape index (κ1) is 13.4. The van der Waals surface area contributed by atoms with Crippen LogP contribution in [0.2, 0.25) is 0 Å². The number of ether oxygens (including phenoxy) is 1. The van der Waals surface area contributed by atoms with Crippen molar-refractivity contribution in [1.29, 1.82) is 0 Å². The fraction of sp³-hybridized carbons (Fsp3) is 0.429. The van der Waals surface area contributed by atoms with E-state index in [9.17, 15) is 9.59 Å². The van der Waals surface area contributed by atoms with Gasteiger partial charge in [0.2, 0.25) is 0 Å². The summed E-state index contributed by atoms with van der Waals surface area (Å²) in [4.78, 5) is 22.0. The number of benzene rings is 1. The quantitative estimate of drug-likeness (QED) is 0.821. The van der Waals surface area contributed by atoms with Crippen LogP contribution in [0.4, 0.5) is 0 Å². The Morgan fingerprint density at radius 1 is 1.26 bits per heavy atom. The van der Waals surface area contributed by atoms with Gasteiger partial charge in [-0.2, -0.15) is 0 Å². The van der Waals surface area contributed by atoms with E-state index in [0.29, 0.717) is 11.7 Å². The van der Waals surface area contributed by atoms with Crippen molar-refractivity contribution in [3.63, 3.8) is 0 Å². The third-order valence-electron chi connectivity index (χ3n) is 3.10. The summed E-state index contributed by atoms with van der Waals surface area (Å²) in [6.45, 7) is 0.133. The molecule has 2 N–H and O–H groups in total. The van der Waals surface area contributed by atoms with Gasteiger partial charge in [0.15, 0.2) is 0 Å². The third-order valence-corrected chi connectivity index (χ3v) is 3.10. The summed E-state index contributed by atoms with van der Waals surface area (Å²) in [5.74, 6) is -0.423. The molecule has 1 aromatic rings. The summed E-state index contributed by atoms with van der Waals surface area (Å²) in [6, 6.07) is 6.91. The van der Waals surface area contributed by atoms with E-state index in [1.54, 1.807) is 24.3 Å². The lowest BCUT2D eigenvalue weighted by Gasteiger charge is -2.26. The third kappa shape index (κ3) is 3.98. The summed E-state index contributed by atoms with van der Waals surface area (Å²) in [5.41, 5.74) is 0.506. The highest BCUT2D eigenvalue weighted by Crippen LogP contribution is 2.25. The average molecular weight is 263 g/mol. The second-order valence-electron chi connectivity index (χ2n) is 4.59. The van der Waals surface area contributed by atoms with E-state index in [1.165, 1.54) is 6.42 Å². The predicted molar refractivity (Wildman–Crippen MR) is 69.3 cm³/mol. The van der Waals surface area contributed by atoms with E-state index < -0.39 is 5.97 Å². The molecule has 102 valence electrons. The van der Waals surface area contributed by atoms with Gasteiger partial charge < -0.3 is 15.2 Å². The van der Waals surface area contributed by atoms with E-state index >= 15 is 0 Å². The topological polar surface area (TPSA) is 75.6 Å². The van der Waals surface area contributed by atoms with Gasteiger partial charge in [-0.15, -0.1) is 0 Å². The lowest BCUT2D eigenvalue weighted by Crippen LogP contribution is -2.26. The SMILES string of the molecule is O=C(O)CCNC(=O)c1ccc(OC2CCC2)cc1. The van der Waals surface area contributed by atoms with E-state index in [0.717, 1.165) is 18.6 Å². The highest BCUT2D eigenvalue weighted by molar-refractivity contribution is 5.94. The van der Waals surface area contributed by atoms with Gasteiger partial charge >= 0.3 is 5.97 Å². The van der Waals surface area contributed by atoms with Gasteiger partial charge in [0.25, 0.3) is 5.91 Å². The first-order chi connectivity index (χ1) is 9.15. The van der Waals surface area contributed by atoms with E-state index in [1.807, 2.05) is 0 Å². The molecule has 0 atom stereocenters. The molecule has 1 amide bonds. The van der Waals surface area contributed by atoms with E-state index in [-0.39, 0.29) is 18.9 Å². The van der Waals surface area contributed by atoms with Crippen molar-refractivity contribution in [2.45, 2.75) is 31.8 Å². The Bertz CT molecular complexity index is 451. The van der Waals surface area contributed by atoms with Gasteiger partial charge in [-0.1, -0.05) is 0 Å². The van der Waals surface area contributed by atoms with Crippen LogP contribution in [0.15, 0.2) is 24.3 Å². The van der Waals surface area contributed by atoms with Crippen LogP contribution < -0.4 is 10.1 Å². The number of amides is 1. The molecule has 1 aliphatic carbocycles. The summed E-state index contributed by atoms with van der Waals surface area (Å²) >= 11 is 0. The molecule has 0 unspecified atom stereocenters. The minimum absolute atomic E-state index is 0.0748. The number of carboxylic acid groups (broad SMARTS) is 1. The molecule has 0 aromatic heterocycles. The van der Waals surface area contributed by atoms with Crippen molar-refractivity contribution in [3.05, 3.63) is 29.8 Å². The number of rotatable bonds is 6. The van der Waals surface area contributed by atoms with Gasteiger partial charge in [0, 0.05) is 12.1 Å². The monoisotopic (exact) mass is 263 g/mol. The minimum Gasteiger partial charge on any atom is -0.490 e. The number of nitrogens with one attached hydrogen (secondary N) is 1. The summed E-state index contributed by atoms with van der Waals surface area (Å²) in [5, 5.41) is 11.0. The highest BCUT2D eigenvalue weighted by Gasteiger charge is 2.19. The molecule has 2 rings (SSSR count). The Balaban J connectivity index is 1.82. The van der Waals surface area contributed by atoms with Crippen molar-refractivity contribution in [1.82, 2.24) is 5.32 Å². The Morgan fingerprint density at radius 3 is 2.47 bits per heavy atom. The Labute approximate surface area is 111 Å². The predicted octanol–water partition coefficient (Wildman–Crippen LogP) is 1.82. The van der Waals surface area contributed by atoms with Crippen molar-refractivity contribution in [2.75, 3.05) is 6.54 Å². The molecule has 5 nitrogen and oxygen atoms in total. The molecule has 0 bridgehead atoms. The van der Waals surface area contributed by atoms with E-state index in [2.05, 4.69) is 5.32 Å². The van der Waals surface area contributed by atoms with Crippen LogP contribution in [0.3, 0.4) is 0 Å². The summed E-state index contributed by atoms with van der Waals surface area (Å²) in [7, 11) is 0. The van der Waals surface area contributed by atoms with Crippen LogP contribution in [0.5, 0.6) is 5.75 Å². The fourth-order valence-electron chi connectivity index (χ4n) is 1.75. The smallest absolute Gasteiger partial charge is 0.305 e. The second kappa shape index (κ2) is 6.22. The Kier molecular flexibility index (Phi) is 4.39. The van der Waals surface area contributed by atoms with E-state index in [4.69, 9.17) is 9.84 Å². The van der Waals surface area contributed by atoms with Crippen LogP contribution in [0, 0.1) is 0 Å². The zero-order valence-corrected chi connectivity index (χ0v) is 10.6. The largest absolute Gasteiger partial charge is 0.490 e. The highest BCUT2D eigenvalue weighted by atomic mass is 16.5. The van der Waals surface area contributed by atoms with Gasteiger partial charge in [0.1, 0.15) is 5.75 Å². The van der Waals surface area contributed by atoms with Crippen LogP contribution in [0.1, 0.15) is 36.0 Å². The zero-order valence-electron chi connectivity index (χ0n) is 10.6. The first-order valence-corrected chi connectivity index (χ1v) is 6.42. The van der Waals surface area contributed by atoms with Crippen molar-refractivity contribution in [3.8, 4) is 5.75 Å². The van der Waals surface area contributed by atoms with Crippen molar-refractivity contribution in [2.24, 2.45) is 0 Å². The lowest BCUT2D eigenvalue weighted by molar-refractivity contribution is -0.136. The number of carbonyl (C=O) groups is 2. The van der Waals surface area contributed by atoms with Crippen LogP contribution in [-0.4, -0.2) is 29.6 Å². The zero-order chi connectivity index (χ0) is 13.7. The molecule has 5 heteroatoms. The van der Waals surface area contributed by atoms with Gasteiger partial charge in [0.05, 0.1) is 12.5 Å². The maximum absolute atomic E-state index is 11.7. The molecule has 1 saturated carbocycles. The number of hydrogen-bond donors (Lipinski definition) is 2. The molecule has 0 heterocycles. The molecule has 0 aliphatic heterocycles. The maximum atomic E-state index is 11.7. The molecule has 0 spiro atoms. The molecule has 1 fully saturated rings. The second-order valence-corrected chi connectivity index (χ2v) is 4.59. The summed E-state index contributed by atoms with van der Waals surface area (Å²) in [6.07, 6.45) is 3.65. The van der Waals surface area contributed by atoms with Gasteiger partial charge in [-0.3, -0.25) is 9.59 Å². The number of hydrogen-bond acceptors (Lipinski definition) is 3. The molecule has 19 heavy (non-hydrogen) atoms. The molecule has 1 aromatic carbocycles. The Morgan fingerprint density at radius 2 is 1.95 bits per heavy atom. The molecular weight excluding hydrogens is 246 g/mol. The fourth-order valence-corrected chi connectivity index (χ4v) is 1.75. The van der Waals surface area contributed by atoms with Crippen LogP contribution >= 0.6 is 0 Å².